The molecular weight excluding hydrogens is 182 g/mol. The summed E-state index contributed by atoms with van der Waals surface area (Å²) in [5, 5.41) is 3.66. The highest BCUT2D eigenvalue weighted by Crippen LogP contribution is 2.06. The van der Waals surface area contributed by atoms with E-state index in [1.807, 2.05) is 0 Å². The average Bonchev–Trinajstić information content (AvgIpc) is 2.29. The molecule has 0 unspecified atom stereocenters. The fourth-order valence-corrected chi connectivity index (χ4v) is 1.74. The summed E-state index contributed by atoms with van der Waals surface area (Å²) in [4.78, 5) is 0. The molecule has 1 N–H and O–H groups in total. The average molecular weight is 205 g/mol. The van der Waals surface area contributed by atoms with E-state index in [2.05, 4.69) is 56.4 Å². The minimum Gasteiger partial charge on any atom is -0.311 e. The highest BCUT2D eigenvalue weighted by atomic mass is 14.9. The Bertz CT molecular complexity index is 255. The fraction of sp³-hybridized carbons (Fsp3) is 0.571. The highest BCUT2D eigenvalue weighted by Gasteiger charge is 2.09. The SMILES string of the molecule is CC[C@H](Cc1ccccc1)N[C@H](C)CC. The molecule has 0 aromatic heterocycles. The molecule has 0 spiro atoms. The summed E-state index contributed by atoms with van der Waals surface area (Å²) in [5.41, 5.74) is 1.43. The van der Waals surface area contributed by atoms with Crippen LogP contribution in [0.2, 0.25) is 0 Å². The zero-order chi connectivity index (χ0) is 11.1. The maximum Gasteiger partial charge on any atom is 0.0107 e. The van der Waals surface area contributed by atoms with Crippen LogP contribution < -0.4 is 5.32 Å². The standard InChI is InChI=1S/C14H23N/c1-4-12(3)15-14(5-2)11-13-9-7-6-8-10-13/h6-10,12,14-15H,4-5,11H2,1-3H3/t12-,14-/m1/s1. The van der Waals surface area contributed by atoms with E-state index >= 15 is 0 Å². The Morgan fingerprint density at radius 1 is 1.07 bits per heavy atom. The number of nitrogens with one attached hydrogen (secondary N) is 1. The quantitative estimate of drug-likeness (QED) is 0.750. The number of hydrogen-bond donors (Lipinski definition) is 1. The Kier molecular flexibility index (Phi) is 5.41. The van der Waals surface area contributed by atoms with Crippen LogP contribution in [0.25, 0.3) is 0 Å². The van der Waals surface area contributed by atoms with Crippen molar-refractivity contribution in [2.75, 3.05) is 0 Å². The first-order valence-electron chi connectivity index (χ1n) is 6.06. The zero-order valence-electron chi connectivity index (χ0n) is 10.2. The third kappa shape index (κ3) is 4.48. The first-order chi connectivity index (χ1) is 7.26. The molecule has 0 heterocycles. The van der Waals surface area contributed by atoms with Gasteiger partial charge in [0.15, 0.2) is 0 Å². The smallest absolute Gasteiger partial charge is 0.0107 e. The van der Waals surface area contributed by atoms with E-state index in [1.54, 1.807) is 0 Å². The van der Waals surface area contributed by atoms with Crippen LogP contribution >= 0.6 is 0 Å². The summed E-state index contributed by atoms with van der Waals surface area (Å²) in [6.45, 7) is 6.74. The van der Waals surface area contributed by atoms with Crippen LogP contribution in [0, 0.1) is 0 Å². The molecule has 0 saturated heterocycles. The molecule has 1 heteroatoms. The lowest BCUT2D eigenvalue weighted by Crippen LogP contribution is -2.37. The van der Waals surface area contributed by atoms with Gasteiger partial charge < -0.3 is 5.32 Å². The molecule has 84 valence electrons. The molecule has 0 saturated carbocycles. The Balaban J connectivity index is 2.47. The molecule has 0 bridgehead atoms. The van der Waals surface area contributed by atoms with Gasteiger partial charge in [0.2, 0.25) is 0 Å². The van der Waals surface area contributed by atoms with Crippen LogP contribution in [0.15, 0.2) is 30.3 Å². The van der Waals surface area contributed by atoms with Gasteiger partial charge in [-0.05, 0) is 31.7 Å². The normalized spacial score (nSPS) is 14.9. The monoisotopic (exact) mass is 205 g/mol. The molecule has 1 rings (SSSR count). The van der Waals surface area contributed by atoms with Crippen LogP contribution in [0.5, 0.6) is 0 Å². The second kappa shape index (κ2) is 6.62. The van der Waals surface area contributed by atoms with Crippen molar-refractivity contribution in [3.8, 4) is 0 Å². The zero-order valence-corrected chi connectivity index (χ0v) is 10.2. The van der Waals surface area contributed by atoms with Crippen molar-refractivity contribution in [3.05, 3.63) is 35.9 Å². The summed E-state index contributed by atoms with van der Waals surface area (Å²) in [6, 6.07) is 12.0. The van der Waals surface area contributed by atoms with E-state index in [0.29, 0.717) is 12.1 Å². The molecule has 1 aromatic carbocycles. The van der Waals surface area contributed by atoms with Crippen molar-refractivity contribution < 1.29 is 0 Å². The van der Waals surface area contributed by atoms with Crippen molar-refractivity contribution in [2.45, 2.75) is 52.1 Å². The summed E-state index contributed by atoms with van der Waals surface area (Å²) in [5.74, 6) is 0. The van der Waals surface area contributed by atoms with Gasteiger partial charge in [0.1, 0.15) is 0 Å². The highest BCUT2D eigenvalue weighted by molar-refractivity contribution is 5.15. The van der Waals surface area contributed by atoms with Crippen LogP contribution in [0.3, 0.4) is 0 Å². The second-order valence-electron chi connectivity index (χ2n) is 4.27. The van der Waals surface area contributed by atoms with Gasteiger partial charge in [-0.25, -0.2) is 0 Å². The van der Waals surface area contributed by atoms with Gasteiger partial charge in [-0.3, -0.25) is 0 Å². The molecule has 1 nitrogen and oxygen atoms in total. The van der Waals surface area contributed by atoms with E-state index in [1.165, 1.54) is 18.4 Å². The van der Waals surface area contributed by atoms with E-state index < -0.39 is 0 Å². The number of hydrogen-bond acceptors (Lipinski definition) is 1. The van der Waals surface area contributed by atoms with Crippen LogP contribution in [0.4, 0.5) is 0 Å². The van der Waals surface area contributed by atoms with Crippen molar-refractivity contribution in [3.63, 3.8) is 0 Å². The Morgan fingerprint density at radius 2 is 1.73 bits per heavy atom. The molecule has 1 aromatic rings. The topological polar surface area (TPSA) is 12.0 Å². The van der Waals surface area contributed by atoms with E-state index in [9.17, 15) is 0 Å². The molecule has 15 heavy (non-hydrogen) atoms. The Labute approximate surface area is 93.9 Å². The van der Waals surface area contributed by atoms with Crippen LogP contribution in [-0.4, -0.2) is 12.1 Å². The molecule has 0 aliphatic rings. The maximum atomic E-state index is 3.66. The van der Waals surface area contributed by atoms with E-state index in [0.717, 1.165) is 6.42 Å². The second-order valence-corrected chi connectivity index (χ2v) is 4.27. The molecule has 0 fully saturated rings. The molecule has 0 amide bonds. The van der Waals surface area contributed by atoms with Crippen LogP contribution in [-0.2, 0) is 6.42 Å². The summed E-state index contributed by atoms with van der Waals surface area (Å²) < 4.78 is 0. The minimum absolute atomic E-state index is 0.613. The molecule has 0 aliphatic carbocycles. The minimum atomic E-state index is 0.613. The molecular formula is C14H23N. The Morgan fingerprint density at radius 3 is 2.27 bits per heavy atom. The van der Waals surface area contributed by atoms with Crippen molar-refractivity contribution in [2.24, 2.45) is 0 Å². The predicted octanol–water partition coefficient (Wildman–Crippen LogP) is 3.40. The summed E-state index contributed by atoms with van der Waals surface area (Å²) in [6.07, 6.45) is 3.53. The van der Waals surface area contributed by atoms with Gasteiger partial charge in [-0.2, -0.15) is 0 Å². The molecule has 0 radical (unpaired) electrons. The number of benzene rings is 1. The lowest BCUT2D eigenvalue weighted by atomic mass is 10.0. The van der Waals surface area contributed by atoms with Gasteiger partial charge in [0.25, 0.3) is 0 Å². The molecule has 2 atom stereocenters. The van der Waals surface area contributed by atoms with Gasteiger partial charge >= 0.3 is 0 Å². The van der Waals surface area contributed by atoms with Gasteiger partial charge in [0.05, 0.1) is 0 Å². The van der Waals surface area contributed by atoms with E-state index in [4.69, 9.17) is 0 Å². The van der Waals surface area contributed by atoms with Crippen LogP contribution in [0.1, 0.15) is 39.2 Å². The lowest BCUT2D eigenvalue weighted by Gasteiger charge is -2.21. The Hall–Kier alpha value is -0.820. The summed E-state index contributed by atoms with van der Waals surface area (Å²) in [7, 11) is 0. The van der Waals surface area contributed by atoms with Crippen molar-refractivity contribution in [1.29, 1.82) is 0 Å². The first-order valence-corrected chi connectivity index (χ1v) is 6.06. The lowest BCUT2D eigenvalue weighted by molar-refractivity contribution is 0.424. The van der Waals surface area contributed by atoms with Crippen molar-refractivity contribution in [1.82, 2.24) is 5.32 Å². The predicted molar refractivity (Wildman–Crippen MR) is 67.1 cm³/mol. The first kappa shape index (κ1) is 12.3. The van der Waals surface area contributed by atoms with Gasteiger partial charge in [-0.15, -0.1) is 0 Å². The maximum absolute atomic E-state index is 3.66. The molecule has 0 aliphatic heterocycles. The van der Waals surface area contributed by atoms with Crippen molar-refractivity contribution >= 4 is 0 Å². The largest absolute Gasteiger partial charge is 0.311 e. The third-order valence-corrected chi connectivity index (χ3v) is 2.95. The summed E-state index contributed by atoms with van der Waals surface area (Å²) >= 11 is 0. The fourth-order valence-electron chi connectivity index (χ4n) is 1.74. The van der Waals surface area contributed by atoms with Gasteiger partial charge in [0, 0.05) is 12.1 Å². The third-order valence-electron chi connectivity index (χ3n) is 2.95. The van der Waals surface area contributed by atoms with E-state index in [-0.39, 0.29) is 0 Å². The number of rotatable bonds is 6. The van der Waals surface area contributed by atoms with Gasteiger partial charge in [-0.1, -0.05) is 44.2 Å².